The minimum Gasteiger partial charge on any atom is -0.480 e. The van der Waals surface area contributed by atoms with E-state index in [-0.39, 0.29) is 13.2 Å². The standard InChI is InChI=1S/C9H17NO5S/c1-7(9(11)12)16(13,14)10-4-5-15-6-8-2-3-8/h7-8,10H,2-6H2,1H3,(H,11,12). The number of carboxylic acids is 1. The lowest BCUT2D eigenvalue weighted by atomic mass is 10.5. The Morgan fingerprint density at radius 3 is 2.69 bits per heavy atom. The van der Waals surface area contributed by atoms with Gasteiger partial charge in [0, 0.05) is 13.2 Å². The van der Waals surface area contributed by atoms with Crippen LogP contribution in [-0.2, 0) is 19.6 Å². The second-order valence-electron chi connectivity index (χ2n) is 3.94. The summed E-state index contributed by atoms with van der Waals surface area (Å²) in [5.74, 6) is -0.721. The lowest BCUT2D eigenvalue weighted by Crippen LogP contribution is -2.38. The smallest absolute Gasteiger partial charge is 0.323 e. The van der Waals surface area contributed by atoms with Crippen LogP contribution in [0.4, 0.5) is 0 Å². The maximum atomic E-state index is 11.3. The molecule has 16 heavy (non-hydrogen) atoms. The Hall–Kier alpha value is -0.660. The van der Waals surface area contributed by atoms with Gasteiger partial charge in [0.15, 0.2) is 5.25 Å². The number of nitrogens with one attached hydrogen (secondary N) is 1. The van der Waals surface area contributed by atoms with Gasteiger partial charge >= 0.3 is 5.97 Å². The quantitative estimate of drug-likeness (QED) is 0.583. The second-order valence-corrected chi connectivity index (χ2v) is 6.02. The Labute approximate surface area is 95.0 Å². The van der Waals surface area contributed by atoms with E-state index in [9.17, 15) is 13.2 Å². The normalized spacial score (nSPS) is 18.3. The van der Waals surface area contributed by atoms with Crippen LogP contribution < -0.4 is 4.72 Å². The van der Waals surface area contributed by atoms with Crippen molar-refractivity contribution in [1.82, 2.24) is 4.72 Å². The van der Waals surface area contributed by atoms with Crippen molar-refractivity contribution in [3.05, 3.63) is 0 Å². The summed E-state index contributed by atoms with van der Waals surface area (Å²) >= 11 is 0. The summed E-state index contributed by atoms with van der Waals surface area (Å²) in [7, 11) is -3.77. The highest BCUT2D eigenvalue weighted by Crippen LogP contribution is 2.28. The predicted octanol–water partition coefficient (Wildman–Crippen LogP) is -0.194. The van der Waals surface area contributed by atoms with Crippen molar-refractivity contribution in [2.75, 3.05) is 19.8 Å². The molecule has 6 nitrogen and oxygen atoms in total. The fourth-order valence-electron chi connectivity index (χ4n) is 1.05. The van der Waals surface area contributed by atoms with Crippen molar-refractivity contribution in [2.24, 2.45) is 5.92 Å². The van der Waals surface area contributed by atoms with Crippen LogP contribution in [0.15, 0.2) is 0 Å². The minimum absolute atomic E-state index is 0.118. The largest absolute Gasteiger partial charge is 0.480 e. The number of hydrogen-bond donors (Lipinski definition) is 2. The number of ether oxygens (including phenoxy) is 1. The first-order valence-electron chi connectivity index (χ1n) is 5.22. The van der Waals surface area contributed by atoms with Crippen LogP contribution in [0, 0.1) is 5.92 Å². The molecule has 0 bridgehead atoms. The average Bonchev–Trinajstić information content (AvgIpc) is 2.99. The zero-order chi connectivity index (χ0) is 12.2. The molecule has 0 aromatic carbocycles. The number of aliphatic carboxylic acids is 1. The van der Waals surface area contributed by atoms with Gasteiger partial charge in [-0.05, 0) is 25.7 Å². The molecule has 1 atom stereocenters. The molecule has 1 aliphatic carbocycles. The average molecular weight is 251 g/mol. The lowest BCUT2D eigenvalue weighted by Gasteiger charge is -2.10. The van der Waals surface area contributed by atoms with E-state index in [1.165, 1.54) is 12.8 Å². The second kappa shape index (κ2) is 5.60. The molecule has 0 saturated heterocycles. The molecule has 1 unspecified atom stereocenters. The van der Waals surface area contributed by atoms with Crippen molar-refractivity contribution in [2.45, 2.75) is 25.0 Å². The summed E-state index contributed by atoms with van der Waals surface area (Å²) in [5.41, 5.74) is 0. The van der Waals surface area contributed by atoms with Gasteiger partial charge in [0.25, 0.3) is 0 Å². The molecule has 2 N–H and O–H groups in total. The molecular formula is C9H17NO5S. The van der Waals surface area contributed by atoms with E-state index in [4.69, 9.17) is 9.84 Å². The van der Waals surface area contributed by atoms with Gasteiger partial charge in [0.1, 0.15) is 0 Å². The van der Waals surface area contributed by atoms with Gasteiger partial charge in [0.2, 0.25) is 10.0 Å². The summed E-state index contributed by atoms with van der Waals surface area (Å²) in [4.78, 5) is 10.5. The molecule has 7 heteroatoms. The fraction of sp³-hybridized carbons (Fsp3) is 0.889. The van der Waals surface area contributed by atoms with Gasteiger partial charge in [-0.2, -0.15) is 0 Å². The van der Waals surface area contributed by atoms with Crippen LogP contribution >= 0.6 is 0 Å². The summed E-state index contributed by atoms with van der Waals surface area (Å²) in [6.45, 7) is 2.20. The van der Waals surface area contributed by atoms with E-state index in [1.807, 2.05) is 0 Å². The van der Waals surface area contributed by atoms with E-state index in [0.29, 0.717) is 12.5 Å². The molecule has 0 aliphatic heterocycles. The molecule has 0 heterocycles. The van der Waals surface area contributed by atoms with E-state index in [2.05, 4.69) is 4.72 Å². The predicted molar refractivity (Wildman–Crippen MR) is 57.6 cm³/mol. The van der Waals surface area contributed by atoms with Gasteiger partial charge < -0.3 is 9.84 Å². The number of sulfonamides is 1. The Morgan fingerprint density at radius 2 is 2.19 bits per heavy atom. The lowest BCUT2D eigenvalue weighted by molar-refractivity contribution is -0.136. The number of hydrogen-bond acceptors (Lipinski definition) is 4. The molecule has 0 aromatic heterocycles. The molecule has 0 aromatic rings. The van der Waals surface area contributed by atoms with Crippen LogP contribution in [0.25, 0.3) is 0 Å². The van der Waals surface area contributed by atoms with Crippen LogP contribution in [0.1, 0.15) is 19.8 Å². The van der Waals surface area contributed by atoms with E-state index >= 15 is 0 Å². The van der Waals surface area contributed by atoms with E-state index in [1.54, 1.807) is 0 Å². The molecule has 94 valence electrons. The van der Waals surface area contributed by atoms with Gasteiger partial charge in [0.05, 0.1) is 6.61 Å². The molecule has 1 fully saturated rings. The zero-order valence-electron chi connectivity index (χ0n) is 9.18. The molecular weight excluding hydrogens is 234 g/mol. The SMILES string of the molecule is CC(C(=O)O)S(=O)(=O)NCCOCC1CC1. The van der Waals surface area contributed by atoms with Crippen molar-refractivity contribution in [3.8, 4) is 0 Å². The molecule has 1 saturated carbocycles. The monoisotopic (exact) mass is 251 g/mol. The summed E-state index contributed by atoms with van der Waals surface area (Å²) in [5, 5.41) is 7.12. The highest BCUT2D eigenvalue weighted by atomic mass is 32.2. The van der Waals surface area contributed by atoms with E-state index < -0.39 is 21.2 Å². The van der Waals surface area contributed by atoms with Gasteiger partial charge in [-0.25, -0.2) is 13.1 Å². The maximum absolute atomic E-state index is 11.3. The highest BCUT2D eigenvalue weighted by Gasteiger charge is 2.27. The molecule has 0 radical (unpaired) electrons. The molecule has 0 spiro atoms. The number of carboxylic acid groups (broad SMARTS) is 1. The molecule has 1 rings (SSSR count). The third-order valence-corrected chi connectivity index (χ3v) is 4.15. The van der Waals surface area contributed by atoms with Gasteiger partial charge in [-0.15, -0.1) is 0 Å². The van der Waals surface area contributed by atoms with Crippen LogP contribution in [0.2, 0.25) is 0 Å². The van der Waals surface area contributed by atoms with Crippen molar-refractivity contribution in [3.63, 3.8) is 0 Å². The topological polar surface area (TPSA) is 92.7 Å². The van der Waals surface area contributed by atoms with Crippen molar-refractivity contribution < 1.29 is 23.1 Å². The Bertz CT molecular complexity index is 336. The first-order valence-corrected chi connectivity index (χ1v) is 6.77. The summed E-state index contributed by atoms with van der Waals surface area (Å²) in [6, 6.07) is 0. The van der Waals surface area contributed by atoms with Gasteiger partial charge in [-0.3, -0.25) is 4.79 Å². The third kappa shape index (κ3) is 4.46. The number of carbonyl (C=O) groups is 1. The van der Waals surface area contributed by atoms with E-state index in [0.717, 1.165) is 6.92 Å². The Morgan fingerprint density at radius 1 is 1.56 bits per heavy atom. The van der Waals surface area contributed by atoms with Crippen LogP contribution in [0.3, 0.4) is 0 Å². The summed E-state index contributed by atoms with van der Waals surface area (Å²) < 4.78 is 30.1. The minimum atomic E-state index is -3.77. The van der Waals surface area contributed by atoms with Crippen molar-refractivity contribution >= 4 is 16.0 Å². The van der Waals surface area contributed by atoms with Crippen LogP contribution in [-0.4, -0.2) is 44.5 Å². The van der Waals surface area contributed by atoms with Crippen molar-refractivity contribution in [1.29, 1.82) is 0 Å². The van der Waals surface area contributed by atoms with Crippen LogP contribution in [0.5, 0.6) is 0 Å². The summed E-state index contributed by atoms with van der Waals surface area (Å²) in [6.07, 6.45) is 2.36. The highest BCUT2D eigenvalue weighted by molar-refractivity contribution is 7.90. The Balaban J connectivity index is 2.16. The first-order chi connectivity index (χ1) is 7.43. The zero-order valence-corrected chi connectivity index (χ0v) is 10.00. The fourth-order valence-corrected chi connectivity index (χ4v) is 1.93. The van der Waals surface area contributed by atoms with Gasteiger partial charge in [-0.1, -0.05) is 0 Å². The number of rotatable bonds is 8. The first kappa shape index (κ1) is 13.4. The molecule has 1 aliphatic rings. The molecule has 0 amide bonds. The third-order valence-electron chi connectivity index (χ3n) is 2.41. The maximum Gasteiger partial charge on any atom is 0.323 e. The Kier molecular flexibility index (Phi) is 4.69.